The summed E-state index contributed by atoms with van der Waals surface area (Å²) in [4.78, 5) is 11.6. The van der Waals surface area contributed by atoms with Gasteiger partial charge in [0.1, 0.15) is 0 Å². The van der Waals surface area contributed by atoms with Crippen molar-refractivity contribution in [3.05, 3.63) is 22.4 Å². The second kappa shape index (κ2) is 5.31. The number of rotatable bonds is 3. The molecule has 1 fully saturated rings. The predicted molar refractivity (Wildman–Crippen MR) is 63.2 cm³/mol. The summed E-state index contributed by atoms with van der Waals surface area (Å²) in [5.41, 5.74) is 0.802. The Morgan fingerprint density at radius 3 is 2.87 bits per heavy atom. The molecule has 2 nitrogen and oxygen atoms in total. The van der Waals surface area contributed by atoms with Crippen LogP contribution in [0.5, 0.6) is 0 Å². The molecule has 1 N–H and O–H groups in total. The van der Waals surface area contributed by atoms with Crippen molar-refractivity contribution in [1.29, 1.82) is 0 Å². The molecule has 15 heavy (non-hydrogen) atoms. The van der Waals surface area contributed by atoms with Crippen molar-refractivity contribution < 1.29 is 4.79 Å². The SMILES string of the molecule is O=C(NCC1CCCCC1)c1ccsc1. The molecule has 0 spiro atoms. The molecule has 82 valence electrons. The number of carbonyl (C=O) groups excluding carboxylic acids is 1. The van der Waals surface area contributed by atoms with Crippen molar-refractivity contribution in [2.24, 2.45) is 5.92 Å². The molecule has 1 aromatic heterocycles. The van der Waals surface area contributed by atoms with E-state index in [1.54, 1.807) is 11.3 Å². The van der Waals surface area contributed by atoms with Crippen molar-refractivity contribution >= 4 is 17.2 Å². The van der Waals surface area contributed by atoms with E-state index < -0.39 is 0 Å². The maximum Gasteiger partial charge on any atom is 0.252 e. The van der Waals surface area contributed by atoms with Crippen LogP contribution in [0, 0.1) is 5.92 Å². The zero-order chi connectivity index (χ0) is 10.5. The number of thiophene rings is 1. The van der Waals surface area contributed by atoms with Gasteiger partial charge in [-0.3, -0.25) is 4.79 Å². The number of amides is 1. The van der Waals surface area contributed by atoms with Crippen molar-refractivity contribution in [3.63, 3.8) is 0 Å². The van der Waals surface area contributed by atoms with Crippen LogP contribution in [0.1, 0.15) is 42.5 Å². The van der Waals surface area contributed by atoms with Crippen LogP contribution in [-0.4, -0.2) is 12.5 Å². The molecule has 1 heterocycles. The highest BCUT2D eigenvalue weighted by Gasteiger charge is 2.14. The average Bonchev–Trinajstić information content (AvgIpc) is 2.81. The Bertz CT molecular complexity index is 301. The molecule has 0 aliphatic heterocycles. The van der Waals surface area contributed by atoms with Crippen LogP contribution < -0.4 is 5.32 Å². The minimum atomic E-state index is 0.0850. The Morgan fingerprint density at radius 2 is 2.20 bits per heavy atom. The van der Waals surface area contributed by atoms with Gasteiger partial charge in [0, 0.05) is 17.5 Å². The Kier molecular flexibility index (Phi) is 3.78. The lowest BCUT2D eigenvalue weighted by molar-refractivity contribution is 0.0944. The van der Waals surface area contributed by atoms with E-state index in [1.165, 1.54) is 32.1 Å². The van der Waals surface area contributed by atoms with Gasteiger partial charge in [0.2, 0.25) is 0 Å². The van der Waals surface area contributed by atoms with Crippen LogP contribution in [0.25, 0.3) is 0 Å². The molecule has 0 radical (unpaired) electrons. The molecule has 0 unspecified atom stereocenters. The van der Waals surface area contributed by atoms with Crippen molar-refractivity contribution in [2.45, 2.75) is 32.1 Å². The molecular weight excluding hydrogens is 206 g/mol. The number of hydrogen-bond acceptors (Lipinski definition) is 2. The molecule has 1 amide bonds. The third-order valence-corrected chi connectivity index (χ3v) is 3.74. The van der Waals surface area contributed by atoms with E-state index in [4.69, 9.17) is 0 Å². The van der Waals surface area contributed by atoms with Crippen molar-refractivity contribution in [1.82, 2.24) is 5.32 Å². The maximum absolute atomic E-state index is 11.6. The lowest BCUT2D eigenvalue weighted by atomic mass is 9.89. The van der Waals surface area contributed by atoms with Gasteiger partial charge in [-0.05, 0) is 30.2 Å². The molecule has 1 aromatic rings. The molecule has 0 atom stereocenters. The van der Waals surface area contributed by atoms with Gasteiger partial charge in [-0.25, -0.2) is 0 Å². The molecule has 2 rings (SSSR count). The predicted octanol–water partition coefficient (Wildman–Crippen LogP) is 3.06. The normalized spacial score (nSPS) is 17.6. The second-order valence-electron chi connectivity index (χ2n) is 4.23. The lowest BCUT2D eigenvalue weighted by Gasteiger charge is -2.21. The summed E-state index contributed by atoms with van der Waals surface area (Å²) < 4.78 is 0. The number of hydrogen-bond donors (Lipinski definition) is 1. The molecule has 0 bridgehead atoms. The van der Waals surface area contributed by atoms with Crippen LogP contribution in [0.2, 0.25) is 0 Å². The summed E-state index contributed by atoms with van der Waals surface area (Å²) in [7, 11) is 0. The fourth-order valence-electron chi connectivity index (χ4n) is 2.12. The Labute approximate surface area is 94.7 Å². The first kappa shape index (κ1) is 10.7. The first-order valence-electron chi connectivity index (χ1n) is 5.66. The fraction of sp³-hybridized carbons (Fsp3) is 0.583. The van der Waals surface area contributed by atoms with Gasteiger partial charge in [-0.1, -0.05) is 19.3 Å². The minimum Gasteiger partial charge on any atom is -0.352 e. The maximum atomic E-state index is 11.6. The molecule has 0 aromatic carbocycles. The largest absolute Gasteiger partial charge is 0.352 e. The van der Waals surface area contributed by atoms with Gasteiger partial charge in [0.15, 0.2) is 0 Å². The Hall–Kier alpha value is -0.830. The van der Waals surface area contributed by atoms with Gasteiger partial charge in [-0.15, -0.1) is 0 Å². The first-order valence-corrected chi connectivity index (χ1v) is 6.61. The van der Waals surface area contributed by atoms with Gasteiger partial charge >= 0.3 is 0 Å². The summed E-state index contributed by atoms with van der Waals surface area (Å²) in [5.74, 6) is 0.795. The Morgan fingerprint density at radius 1 is 1.40 bits per heavy atom. The van der Waals surface area contributed by atoms with Gasteiger partial charge < -0.3 is 5.32 Å². The quantitative estimate of drug-likeness (QED) is 0.838. The first-order chi connectivity index (χ1) is 7.36. The highest BCUT2D eigenvalue weighted by Crippen LogP contribution is 2.22. The van der Waals surface area contributed by atoms with E-state index in [9.17, 15) is 4.79 Å². The zero-order valence-electron chi connectivity index (χ0n) is 8.87. The zero-order valence-corrected chi connectivity index (χ0v) is 9.69. The van der Waals surface area contributed by atoms with Crippen molar-refractivity contribution in [3.8, 4) is 0 Å². The third kappa shape index (κ3) is 3.06. The molecule has 0 saturated heterocycles. The van der Waals surface area contributed by atoms with E-state index >= 15 is 0 Å². The standard InChI is InChI=1S/C12H17NOS/c14-12(11-6-7-15-9-11)13-8-10-4-2-1-3-5-10/h6-7,9-10H,1-5,8H2,(H,13,14). The minimum absolute atomic E-state index is 0.0850. The molecule has 3 heteroatoms. The highest BCUT2D eigenvalue weighted by molar-refractivity contribution is 7.08. The van der Waals surface area contributed by atoms with E-state index in [0.717, 1.165) is 12.1 Å². The highest BCUT2D eigenvalue weighted by atomic mass is 32.1. The monoisotopic (exact) mass is 223 g/mol. The molecule has 1 aliphatic carbocycles. The average molecular weight is 223 g/mol. The summed E-state index contributed by atoms with van der Waals surface area (Å²) in [6, 6.07) is 1.88. The molecular formula is C12H17NOS. The van der Waals surface area contributed by atoms with Gasteiger partial charge in [0.05, 0.1) is 0 Å². The number of carbonyl (C=O) groups is 1. The summed E-state index contributed by atoms with van der Waals surface area (Å²) in [5, 5.41) is 6.86. The number of nitrogens with one attached hydrogen (secondary N) is 1. The Balaban J connectivity index is 1.75. The lowest BCUT2D eigenvalue weighted by Crippen LogP contribution is -2.29. The van der Waals surface area contributed by atoms with Crippen LogP contribution in [0.4, 0.5) is 0 Å². The van der Waals surface area contributed by atoms with E-state index in [-0.39, 0.29) is 5.91 Å². The van der Waals surface area contributed by atoms with Gasteiger partial charge in [-0.2, -0.15) is 11.3 Å². The topological polar surface area (TPSA) is 29.1 Å². The molecule has 1 saturated carbocycles. The summed E-state index contributed by atoms with van der Waals surface area (Å²) >= 11 is 1.57. The van der Waals surface area contributed by atoms with Crippen LogP contribution in [0.15, 0.2) is 16.8 Å². The van der Waals surface area contributed by atoms with E-state index in [1.807, 2.05) is 16.8 Å². The smallest absolute Gasteiger partial charge is 0.252 e. The van der Waals surface area contributed by atoms with Crippen LogP contribution in [0.3, 0.4) is 0 Å². The van der Waals surface area contributed by atoms with Crippen molar-refractivity contribution in [2.75, 3.05) is 6.54 Å². The van der Waals surface area contributed by atoms with Crippen LogP contribution >= 0.6 is 11.3 Å². The summed E-state index contributed by atoms with van der Waals surface area (Å²) in [6.45, 7) is 0.856. The summed E-state index contributed by atoms with van der Waals surface area (Å²) in [6.07, 6.45) is 6.60. The fourth-order valence-corrected chi connectivity index (χ4v) is 2.76. The van der Waals surface area contributed by atoms with E-state index in [2.05, 4.69) is 5.32 Å². The third-order valence-electron chi connectivity index (χ3n) is 3.06. The van der Waals surface area contributed by atoms with E-state index in [0.29, 0.717) is 5.92 Å². The molecule has 1 aliphatic rings. The second-order valence-corrected chi connectivity index (χ2v) is 5.01. The van der Waals surface area contributed by atoms with Crippen LogP contribution in [-0.2, 0) is 0 Å². The van der Waals surface area contributed by atoms with Gasteiger partial charge in [0.25, 0.3) is 5.91 Å².